The molecule has 0 fully saturated rings. The predicted molar refractivity (Wildman–Crippen MR) is 74.4 cm³/mol. The Balaban J connectivity index is 2.59. The minimum absolute atomic E-state index is 0.374. The van der Waals surface area contributed by atoms with Crippen LogP contribution in [0.1, 0.15) is 13.8 Å². The molecule has 3 N–H and O–H groups in total. The number of hydrogen-bond donors (Lipinski definition) is 3. The van der Waals surface area contributed by atoms with Gasteiger partial charge in [0.15, 0.2) is 24.1 Å². The third-order valence-corrected chi connectivity index (χ3v) is 2.57. The van der Waals surface area contributed by atoms with E-state index in [9.17, 15) is 14.7 Å². The van der Waals surface area contributed by atoms with Gasteiger partial charge in [-0.3, -0.25) is 4.79 Å². The summed E-state index contributed by atoms with van der Waals surface area (Å²) in [5, 5.41) is 20.3. The molecule has 1 amide bonds. The van der Waals surface area contributed by atoms with Gasteiger partial charge in [0.2, 0.25) is 0 Å². The molecule has 0 heterocycles. The van der Waals surface area contributed by atoms with Crippen molar-refractivity contribution in [2.45, 2.75) is 26.0 Å². The van der Waals surface area contributed by atoms with Crippen LogP contribution in [0.2, 0.25) is 0 Å². The number of carboxylic acids is 1. The Hall–Kier alpha value is -2.28. The highest BCUT2D eigenvalue weighted by atomic mass is 16.5. The van der Waals surface area contributed by atoms with E-state index < -0.39 is 24.0 Å². The number of rotatable bonds is 8. The number of amides is 1. The maximum absolute atomic E-state index is 11.7. The standard InChI is InChI=1S/C14H19NO6/c1-3-20-10-6-4-5-7-11(10)21-8-12(17)15-13(9(2)16)14(18)19/h4-7,9,13,16H,3,8H2,1-2H3,(H,15,17)(H,18,19)/t9-,13+/m1/s1. The average Bonchev–Trinajstić information content (AvgIpc) is 2.43. The largest absolute Gasteiger partial charge is 0.490 e. The van der Waals surface area contributed by atoms with Gasteiger partial charge in [0.25, 0.3) is 5.91 Å². The second-order valence-electron chi connectivity index (χ2n) is 4.29. The molecule has 2 atom stereocenters. The van der Waals surface area contributed by atoms with Crippen molar-refractivity contribution in [1.82, 2.24) is 5.32 Å². The van der Waals surface area contributed by atoms with Crippen molar-refractivity contribution in [3.05, 3.63) is 24.3 Å². The van der Waals surface area contributed by atoms with Gasteiger partial charge in [-0.1, -0.05) is 12.1 Å². The van der Waals surface area contributed by atoms with Crippen LogP contribution in [-0.4, -0.2) is 47.4 Å². The van der Waals surface area contributed by atoms with Gasteiger partial charge in [0.05, 0.1) is 12.7 Å². The minimum Gasteiger partial charge on any atom is -0.490 e. The van der Waals surface area contributed by atoms with Crippen molar-refractivity contribution in [3.63, 3.8) is 0 Å². The van der Waals surface area contributed by atoms with Crippen LogP contribution in [0.5, 0.6) is 11.5 Å². The lowest BCUT2D eigenvalue weighted by molar-refractivity contribution is -0.145. The van der Waals surface area contributed by atoms with Gasteiger partial charge in [-0.25, -0.2) is 4.79 Å². The first-order valence-corrected chi connectivity index (χ1v) is 6.50. The number of carboxylic acid groups (broad SMARTS) is 1. The third-order valence-electron chi connectivity index (χ3n) is 2.57. The quantitative estimate of drug-likeness (QED) is 0.642. The summed E-state index contributed by atoms with van der Waals surface area (Å²) in [5.74, 6) is -1.07. The smallest absolute Gasteiger partial charge is 0.328 e. The Labute approximate surface area is 122 Å². The lowest BCUT2D eigenvalue weighted by Crippen LogP contribution is -2.49. The second kappa shape index (κ2) is 8.11. The summed E-state index contributed by atoms with van der Waals surface area (Å²) < 4.78 is 10.6. The van der Waals surface area contributed by atoms with Crippen LogP contribution < -0.4 is 14.8 Å². The van der Waals surface area contributed by atoms with Crippen LogP contribution >= 0.6 is 0 Å². The van der Waals surface area contributed by atoms with Crippen LogP contribution in [0.25, 0.3) is 0 Å². The number of carbonyl (C=O) groups excluding carboxylic acids is 1. The monoisotopic (exact) mass is 297 g/mol. The van der Waals surface area contributed by atoms with Gasteiger partial charge in [-0.05, 0) is 26.0 Å². The van der Waals surface area contributed by atoms with E-state index in [2.05, 4.69) is 5.32 Å². The SMILES string of the molecule is CCOc1ccccc1OCC(=O)N[C@H](C(=O)O)[C@@H](C)O. The lowest BCUT2D eigenvalue weighted by Gasteiger charge is -2.17. The Morgan fingerprint density at radius 3 is 2.29 bits per heavy atom. The molecule has 116 valence electrons. The molecule has 0 aliphatic heterocycles. The van der Waals surface area contributed by atoms with Gasteiger partial charge in [-0.15, -0.1) is 0 Å². The van der Waals surface area contributed by atoms with Crippen molar-refractivity contribution in [2.24, 2.45) is 0 Å². The zero-order chi connectivity index (χ0) is 15.8. The van der Waals surface area contributed by atoms with Crippen molar-refractivity contribution >= 4 is 11.9 Å². The summed E-state index contributed by atoms with van der Waals surface area (Å²) in [5.41, 5.74) is 0. The van der Waals surface area contributed by atoms with Crippen molar-refractivity contribution in [1.29, 1.82) is 0 Å². The molecule has 0 radical (unpaired) electrons. The second-order valence-corrected chi connectivity index (χ2v) is 4.29. The van der Waals surface area contributed by atoms with Crippen molar-refractivity contribution < 1.29 is 29.3 Å². The summed E-state index contributed by atoms with van der Waals surface area (Å²) in [7, 11) is 0. The van der Waals surface area contributed by atoms with Crippen molar-refractivity contribution in [2.75, 3.05) is 13.2 Å². The molecule has 0 saturated heterocycles. The molecule has 0 aliphatic rings. The van der Waals surface area contributed by atoms with Gasteiger partial charge >= 0.3 is 5.97 Å². The van der Waals surface area contributed by atoms with E-state index in [4.69, 9.17) is 14.6 Å². The molecular formula is C14H19NO6. The summed E-state index contributed by atoms with van der Waals surface area (Å²) >= 11 is 0. The zero-order valence-corrected chi connectivity index (χ0v) is 11.9. The van der Waals surface area contributed by atoms with E-state index in [1.807, 2.05) is 6.92 Å². The van der Waals surface area contributed by atoms with Gasteiger partial charge in [0.1, 0.15) is 0 Å². The topological polar surface area (TPSA) is 105 Å². The Bertz CT molecular complexity index is 488. The zero-order valence-electron chi connectivity index (χ0n) is 11.9. The molecule has 7 nitrogen and oxygen atoms in total. The van der Waals surface area contributed by atoms with Crippen LogP contribution in [0.15, 0.2) is 24.3 Å². The molecule has 0 unspecified atom stereocenters. The van der Waals surface area contributed by atoms with E-state index in [1.54, 1.807) is 24.3 Å². The highest BCUT2D eigenvalue weighted by Gasteiger charge is 2.25. The number of aliphatic hydroxyl groups excluding tert-OH is 1. The summed E-state index contributed by atoms with van der Waals surface area (Å²) in [6, 6.07) is 5.47. The van der Waals surface area contributed by atoms with E-state index in [0.29, 0.717) is 18.1 Å². The fourth-order valence-corrected chi connectivity index (χ4v) is 1.59. The van der Waals surface area contributed by atoms with Crippen LogP contribution in [-0.2, 0) is 9.59 Å². The Morgan fingerprint density at radius 1 is 1.24 bits per heavy atom. The van der Waals surface area contributed by atoms with Crippen molar-refractivity contribution in [3.8, 4) is 11.5 Å². The van der Waals surface area contributed by atoms with Crippen LogP contribution in [0.3, 0.4) is 0 Å². The lowest BCUT2D eigenvalue weighted by atomic mass is 10.2. The first-order chi connectivity index (χ1) is 9.95. The first kappa shape index (κ1) is 16.8. The maximum atomic E-state index is 11.7. The summed E-state index contributed by atoms with van der Waals surface area (Å²) in [6.07, 6.45) is -1.21. The molecule has 0 aromatic heterocycles. The molecule has 0 spiro atoms. The molecule has 1 rings (SSSR count). The predicted octanol–water partition coefficient (Wildman–Crippen LogP) is 0.414. The number of para-hydroxylation sites is 2. The highest BCUT2D eigenvalue weighted by molar-refractivity contribution is 5.84. The molecule has 7 heteroatoms. The fraction of sp³-hybridized carbons (Fsp3) is 0.429. The Kier molecular flexibility index (Phi) is 6.48. The molecule has 0 aliphatic carbocycles. The number of aliphatic carboxylic acids is 1. The Morgan fingerprint density at radius 2 is 1.81 bits per heavy atom. The van der Waals surface area contributed by atoms with Crippen LogP contribution in [0.4, 0.5) is 0 Å². The van der Waals surface area contributed by atoms with E-state index in [-0.39, 0.29) is 6.61 Å². The van der Waals surface area contributed by atoms with Crippen LogP contribution in [0, 0.1) is 0 Å². The normalized spacial score (nSPS) is 13.1. The molecular weight excluding hydrogens is 278 g/mol. The van der Waals surface area contributed by atoms with Gasteiger partial charge in [0, 0.05) is 0 Å². The molecule has 1 aromatic carbocycles. The number of carbonyl (C=O) groups is 2. The van der Waals surface area contributed by atoms with E-state index in [0.717, 1.165) is 0 Å². The molecule has 1 aromatic rings. The first-order valence-electron chi connectivity index (χ1n) is 6.50. The number of nitrogens with one attached hydrogen (secondary N) is 1. The molecule has 0 bridgehead atoms. The number of benzene rings is 1. The number of hydrogen-bond acceptors (Lipinski definition) is 5. The summed E-state index contributed by atoms with van der Waals surface area (Å²) in [6.45, 7) is 3.18. The average molecular weight is 297 g/mol. The maximum Gasteiger partial charge on any atom is 0.328 e. The van der Waals surface area contributed by atoms with Gasteiger partial charge < -0.3 is 25.0 Å². The number of aliphatic hydroxyl groups is 1. The van der Waals surface area contributed by atoms with E-state index in [1.165, 1.54) is 6.92 Å². The molecule has 21 heavy (non-hydrogen) atoms. The molecule has 0 saturated carbocycles. The van der Waals surface area contributed by atoms with E-state index >= 15 is 0 Å². The van der Waals surface area contributed by atoms with Gasteiger partial charge in [-0.2, -0.15) is 0 Å². The fourth-order valence-electron chi connectivity index (χ4n) is 1.59. The number of ether oxygens (including phenoxy) is 2. The highest BCUT2D eigenvalue weighted by Crippen LogP contribution is 2.26. The third kappa shape index (κ3) is 5.31. The summed E-state index contributed by atoms with van der Waals surface area (Å²) in [4.78, 5) is 22.5. The minimum atomic E-state index is -1.37.